The molecule has 2 aromatic carbocycles. The summed E-state index contributed by atoms with van der Waals surface area (Å²) in [5, 5.41) is 19.9. The molecule has 0 aliphatic carbocycles. The topological polar surface area (TPSA) is 124 Å². The molecule has 23 heavy (non-hydrogen) atoms. The maximum Gasteiger partial charge on any atom is 0.339 e. The first kappa shape index (κ1) is 16.4. The van der Waals surface area contributed by atoms with Crippen LogP contribution in [0.5, 0.6) is 5.75 Å². The standard InChI is InChI=1S/C14H11NO7S/c1-9-2-5-11(6-3-9)23(20,21)22-13-8-10(14(16)17)4-7-12(13)15(18)19/h2-8H,1H3,(H,16,17). The molecule has 0 aliphatic heterocycles. The number of carboxylic acids is 1. The summed E-state index contributed by atoms with van der Waals surface area (Å²) >= 11 is 0. The van der Waals surface area contributed by atoms with Crippen LogP contribution in [0, 0.1) is 17.0 Å². The average Bonchev–Trinajstić information content (AvgIpc) is 2.46. The van der Waals surface area contributed by atoms with E-state index >= 15 is 0 Å². The third kappa shape index (κ3) is 3.64. The fourth-order valence-electron chi connectivity index (χ4n) is 1.74. The Bertz CT molecular complexity index is 872. The monoisotopic (exact) mass is 337 g/mol. The first-order valence-corrected chi connectivity index (χ1v) is 7.64. The van der Waals surface area contributed by atoms with Gasteiger partial charge < -0.3 is 9.29 Å². The molecule has 0 amide bonds. The molecular formula is C14H11NO7S. The van der Waals surface area contributed by atoms with E-state index in [0.717, 1.165) is 23.8 Å². The molecule has 2 aromatic rings. The molecule has 0 aromatic heterocycles. The van der Waals surface area contributed by atoms with E-state index in [1.54, 1.807) is 19.1 Å². The lowest BCUT2D eigenvalue weighted by molar-refractivity contribution is -0.385. The van der Waals surface area contributed by atoms with Crippen molar-refractivity contribution in [1.82, 2.24) is 0 Å². The molecule has 0 fully saturated rings. The fourth-order valence-corrected chi connectivity index (χ4v) is 2.67. The fraction of sp³-hybridized carbons (Fsp3) is 0.0714. The van der Waals surface area contributed by atoms with Gasteiger partial charge in [0.25, 0.3) is 0 Å². The van der Waals surface area contributed by atoms with Crippen LogP contribution in [0.4, 0.5) is 5.69 Å². The van der Waals surface area contributed by atoms with Crippen LogP contribution in [-0.4, -0.2) is 24.4 Å². The third-order valence-corrected chi connectivity index (χ3v) is 4.16. The number of carboxylic acid groups (broad SMARTS) is 1. The largest absolute Gasteiger partial charge is 0.478 e. The Balaban J connectivity index is 2.48. The summed E-state index contributed by atoms with van der Waals surface area (Å²) in [6, 6.07) is 8.33. The number of hydrogen-bond donors (Lipinski definition) is 1. The molecule has 0 unspecified atom stereocenters. The number of carbonyl (C=O) groups is 1. The van der Waals surface area contributed by atoms with Crippen molar-refractivity contribution < 1.29 is 27.4 Å². The van der Waals surface area contributed by atoms with Crippen molar-refractivity contribution in [3.63, 3.8) is 0 Å². The van der Waals surface area contributed by atoms with Gasteiger partial charge in [-0.1, -0.05) is 17.7 Å². The van der Waals surface area contributed by atoms with Gasteiger partial charge in [0.15, 0.2) is 0 Å². The highest BCUT2D eigenvalue weighted by atomic mass is 32.2. The predicted octanol–water partition coefficient (Wildman–Crippen LogP) is 2.37. The summed E-state index contributed by atoms with van der Waals surface area (Å²) in [4.78, 5) is 20.8. The van der Waals surface area contributed by atoms with Crippen LogP contribution in [0.25, 0.3) is 0 Å². The van der Waals surface area contributed by atoms with E-state index in [1.807, 2.05) is 0 Å². The Hall–Kier alpha value is -2.94. The zero-order valence-electron chi connectivity index (χ0n) is 11.8. The average molecular weight is 337 g/mol. The zero-order valence-corrected chi connectivity index (χ0v) is 12.6. The number of rotatable bonds is 5. The molecular weight excluding hydrogens is 326 g/mol. The number of nitro benzene ring substituents is 1. The van der Waals surface area contributed by atoms with Gasteiger partial charge in [-0.2, -0.15) is 8.42 Å². The second-order valence-electron chi connectivity index (χ2n) is 4.60. The van der Waals surface area contributed by atoms with Gasteiger partial charge in [-0.15, -0.1) is 0 Å². The first-order chi connectivity index (χ1) is 10.7. The summed E-state index contributed by atoms with van der Waals surface area (Å²) in [7, 11) is -4.33. The van der Waals surface area contributed by atoms with Gasteiger partial charge in [-0.25, -0.2) is 4.79 Å². The van der Waals surface area contributed by atoms with E-state index in [2.05, 4.69) is 0 Å². The minimum absolute atomic E-state index is 0.196. The van der Waals surface area contributed by atoms with E-state index in [9.17, 15) is 23.3 Å². The van der Waals surface area contributed by atoms with Crippen molar-refractivity contribution in [3.05, 3.63) is 63.7 Å². The Morgan fingerprint density at radius 2 is 1.78 bits per heavy atom. The van der Waals surface area contributed by atoms with Crippen LogP contribution in [0.3, 0.4) is 0 Å². The second kappa shape index (κ2) is 6.05. The summed E-state index contributed by atoms with van der Waals surface area (Å²) in [6.45, 7) is 1.76. The van der Waals surface area contributed by atoms with Crippen molar-refractivity contribution in [1.29, 1.82) is 0 Å². The molecule has 9 heteroatoms. The van der Waals surface area contributed by atoms with Gasteiger partial charge >= 0.3 is 21.8 Å². The lowest BCUT2D eigenvalue weighted by atomic mass is 10.2. The van der Waals surface area contributed by atoms with E-state index in [1.165, 1.54) is 12.1 Å². The van der Waals surface area contributed by atoms with Gasteiger partial charge in [-0.3, -0.25) is 10.1 Å². The zero-order chi connectivity index (χ0) is 17.2. The summed E-state index contributed by atoms with van der Waals surface area (Å²) in [5.41, 5.74) is -0.154. The highest BCUT2D eigenvalue weighted by Gasteiger charge is 2.24. The van der Waals surface area contributed by atoms with Crippen LogP contribution in [0.1, 0.15) is 15.9 Å². The van der Waals surface area contributed by atoms with Crippen LogP contribution in [0.15, 0.2) is 47.4 Å². The summed E-state index contributed by atoms with van der Waals surface area (Å²) < 4.78 is 29.1. The lowest BCUT2D eigenvalue weighted by Crippen LogP contribution is -2.11. The van der Waals surface area contributed by atoms with Gasteiger partial charge in [-0.05, 0) is 25.1 Å². The molecule has 1 N–H and O–H groups in total. The highest BCUT2D eigenvalue weighted by molar-refractivity contribution is 7.87. The molecule has 0 heterocycles. The molecule has 0 spiro atoms. The van der Waals surface area contributed by atoms with Crippen molar-refractivity contribution in [2.24, 2.45) is 0 Å². The van der Waals surface area contributed by atoms with Crippen molar-refractivity contribution in [2.75, 3.05) is 0 Å². The number of benzene rings is 2. The smallest absolute Gasteiger partial charge is 0.339 e. The minimum atomic E-state index is -4.33. The molecule has 0 saturated heterocycles. The third-order valence-electron chi connectivity index (χ3n) is 2.91. The van der Waals surface area contributed by atoms with Gasteiger partial charge in [0.1, 0.15) is 4.90 Å². The second-order valence-corrected chi connectivity index (χ2v) is 6.14. The van der Waals surface area contributed by atoms with Gasteiger partial charge in [0.2, 0.25) is 5.75 Å². The molecule has 120 valence electrons. The number of aryl methyl sites for hydroxylation is 1. The minimum Gasteiger partial charge on any atom is -0.478 e. The first-order valence-electron chi connectivity index (χ1n) is 6.23. The van der Waals surface area contributed by atoms with Gasteiger partial charge in [0.05, 0.1) is 10.5 Å². The Morgan fingerprint density at radius 1 is 1.17 bits per heavy atom. The summed E-state index contributed by atoms with van der Waals surface area (Å²) in [5.74, 6) is -2.02. The number of nitro groups is 1. The number of nitrogens with zero attached hydrogens (tertiary/aromatic N) is 1. The van der Waals surface area contributed by atoms with E-state index < -0.39 is 32.4 Å². The predicted molar refractivity (Wildman–Crippen MR) is 79.0 cm³/mol. The lowest BCUT2D eigenvalue weighted by Gasteiger charge is -2.08. The van der Waals surface area contributed by atoms with Crippen LogP contribution in [0.2, 0.25) is 0 Å². The molecule has 0 bridgehead atoms. The van der Waals surface area contributed by atoms with Crippen LogP contribution in [-0.2, 0) is 10.1 Å². The molecule has 0 aliphatic rings. The molecule has 0 radical (unpaired) electrons. The maximum absolute atomic E-state index is 12.2. The van der Waals surface area contributed by atoms with E-state index in [-0.39, 0.29) is 10.5 Å². The Kier molecular flexibility index (Phi) is 4.32. The quantitative estimate of drug-likeness (QED) is 0.504. The molecule has 8 nitrogen and oxygen atoms in total. The Labute approximate surface area is 131 Å². The molecule has 2 rings (SSSR count). The van der Waals surface area contributed by atoms with Crippen molar-refractivity contribution in [2.45, 2.75) is 11.8 Å². The van der Waals surface area contributed by atoms with Crippen LogP contribution < -0.4 is 4.18 Å². The Morgan fingerprint density at radius 3 is 2.30 bits per heavy atom. The SMILES string of the molecule is Cc1ccc(S(=O)(=O)Oc2cc(C(=O)O)ccc2[N+](=O)[O-])cc1. The molecule has 0 saturated carbocycles. The normalized spacial score (nSPS) is 11.0. The highest BCUT2D eigenvalue weighted by Crippen LogP contribution is 2.30. The molecule has 0 atom stereocenters. The van der Waals surface area contributed by atoms with Crippen molar-refractivity contribution >= 4 is 21.8 Å². The van der Waals surface area contributed by atoms with Gasteiger partial charge in [0, 0.05) is 12.1 Å². The maximum atomic E-state index is 12.2. The number of hydrogen-bond acceptors (Lipinski definition) is 6. The number of aromatic carboxylic acids is 1. The van der Waals surface area contributed by atoms with E-state index in [0.29, 0.717) is 0 Å². The van der Waals surface area contributed by atoms with E-state index in [4.69, 9.17) is 9.29 Å². The van der Waals surface area contributed by atoms with Crippen LogP contribution >= 0.6 is 0 Å². The summed E-state index contributed by atoms with van der Waals surface area (Å²) in [6.07, 6.45) is 0. The van der Waals surface area contributed by atoms with Crippen molar-refractivity contribution in [3.8, 4) is 5.75 Å².